The Morgan fingerprint density at radius 2 is 2.60 bits per heavy atom. The van der Waals surface area contributed by atoms with Crippen molar-refractivity contribution in [1.82, 2.24) is 10.3 Å². The van der Waals surface area contributed by atoms with Gasteiger partial charge in [0.1, 0.15) is 0 Å². The lowest BCUT2D eigenvalue weighted by atomic mass is 10.6. The lowest BCUT2D eigenvalue weighted by Gasteiger charge is -1.87. The minimum absolute atomic E-state index is 0.259. The topological polar surface area (TPSA) is 70.1 Å². The second-order valence-electron chi connectivity index (χ2n) is 1.67. The van der Waals surface area contributed by atoms with Gasteiger partial charge in [0, 0.05) is 12.3 Å². The molecule has 53 valence electrons. The molecule has 5 heteroatoms. The van der Waals surface area contributed by atoms with Gasteiger partial charge in [0.05, 0.1) is 0 Å². The predicted molar refractivity (Wildman–Crippen MR) is 39.0 cm³/mol. The minimum atomic E-state index is -0.259. The van der Waals surface area contributed by atoms with Crippen LogP contribution in [0.4, 0.5) is 10.9 Å². The SMILES string of the molecule is CC(=O)[N]c1csc(N)n1. The summed E-state index contributed by atoms with van der Waals surface area (Å²) in [4.78, 5) is 14.1. The van der Waals surface area contributed by atoms with E-state index in [4.69, 9.17) is 5.73 Å². The smallest absolute Gasteiger partial charge is 0.244 e. The first-order chi connectivity index (χ1) is 4.68. The monoisotopic (exact) mass is 156 g/mol. The molecule has 0 aliphatic heterocycles. The number of aromatic nitrogens is 1. The van der Waals surface area contributed by atoms with E-state index in [1.165, 1.54) is 18.3 Å². The number of hydrogen-bond acceptors (Lipinski definition) is 4. The fourth-order valence-electron chi connectivity index (χ4n) is 0.491. The number of nitrogens with zero attached hydrogens (tertiary/aromatic N) is 2. The molecule has 0 saturated heterocycles. The quantitative estimate of drug-likeness (QED) is 0.644. The maximum Gasteiger partial charge on any atom is 0.244 e. The van der Waals surface area contributed by atoms with Gasteiger partial charge in [0.15, 0.2) is 10.9 Å². The van der Waals surface area contributed by atoms with Crippen molar-refractivity contribution in [2.75, 3.05) is 5.73 Å². The summed E-state index contributed by atoms with van der Waals surface area (Å²) in [6.45, 7) is 1.37. The third-order valence-corrected chi connectivity index (χ3v) is 1.44. The van der Waals surface area contributed by atoms with Crippen molar-refractivity contribution in [3.8, 4) is 0 Å². The normalized spacial score (nSPS) is 9.30. The molecule has 0 aromatic carbocycles. The Morgan fingerprint density at radius 1 is 1.90 bits per heavy atom. The van der Waals surface area contributed by atoms with Crippen LogP contribution in [0.2, 0.25) is 0 Å². The molecule has 0 spiro atoms. The average Bonchev–Trinajstić information content (AvgIpc) is 2.13. The Kier molecular flexibility index (Phi) is 1.86. The molecule has 10 heavy (non-hydrogen) atoms. The number of anilines is 1. The van der Waals surface area contributed by atoms with Crippen LogP contribution in [0.25, 0.3) is 0 Å². The molecular formula is C5H6N3OS. The van der Waals surface area contributed by atoms with E-state index in [2.05, 4.69) is 10.3 Å². The number of carbonyl (C=O) groups excluding carboxylic acids is 1. The largest absolute Gasteiger partial charge is 0.375 e. The van der Waals surface area contributed by atoms with E-state index >= 15 is 0 Å². The van der Waals surface area contributed by atoms with Crippen molar-refractivity contribution < 1.29 is 4.79 Å². The molecule has 1 aromatic rings. The zero-order valence-electron chi connectivity index (χ0n) is 5.37. The third kappa shape index (κ3) is 1.70. The van der Waals surface area contributed by atoms with Gasteiger partial charge < -0.3 is 5.73 Å². The van der Waals surface area contributed by atoms with Crippen LogP contribution in [-0.2, 0) is 4.79 Å². The van der Waals surface area contributed by atoms with Gasteiger partial charge in [-0.1, -0.05) is 0 Å². The number of rotatable bonds is 1. The van der Waals surface area contributed by atoms with Gasteiger partial charge in [-0.15, -0.1) is 11.3 Å². The summed E-state index contributed by atoms with van der Waals surface area (Å²) >= 11 is 1.27. The van der Waals surface area contributed by atoms with E-state index in [0.29, 0.717) is 10.9 Å². The first-order valence-electron chi connectivity index (χ1n) is 2.62. The highest BCUT2D eigenvalue weighted by molar-refractivity contribution is 7.13. The first-order valence-corrected chi connectivity index (χ1v) is 3.50. The molecule has 1 rings (SSSR count). The van der Waals surface area contributed by atoms with E-state index in [1.807, 2.05) is 0 Å². The highest BCUT2D eigenvalue weighted by Gasteiger charge is 2.00. The van der Waals surface area contributed by atoms with E-state index in [1.54, 1.807) is 5.38 Å². The zero-order chi connectivity index (χ0) is 7.56. The lowest BCUT2D eigenvalue weighted by Crippen LogP contribution is -2.04. The summed E-state index contributed by atoms with van der Waals surface area (Å²) in [7, 11) is 0. The van der Waals surface area contributed by atoms with Crippen molar-refractivity contribution >= 4 is 28.2 Å². The second-order valence-corrected chi connectivity index (χ2v) is 2.56. The van der Waals surface area contributed by atoms with E-state index in [-0.39, 0.29) is 5.91 Å². The molecule has 1 aromatic heterocycles. The summed E-state index contributed by atoms with van der Waals surface area (Å²) in [5.41, 5.74) is 5.29. The number of nitrogens with two attached hydrogens (primary N) is 1. The molecule has 2 N–H and O–H groups in total. The van der Waals surface area contributed by atoms with Crippen LogP contribution in [0.15, 0.2) is 5.38 Å². The maximum atomic E-state index is 10.4. The van der Waals surface area contributed by atoms with Crippen molar-refractivity contribution in [2.24, 2.45) is 0 Å². The second kappa shape index (κ2) is 2.66. The van der Waals surface area contributed by atoms with Crippen LogP contribution < -0.4 is 11.1 Å². The van der Waals surface area contributed by atoms with Gasteiger partial charge in [-0.3, -0.25) is 4.79 Å². The Hall–Kier alpha value is -1.10. The number of nitrogen functional groups attached to an aromatic ring is 1. The molecule has 0 saturated carbocycles. The molecule has 0 aliphatic rings. The Bertz CT molecular complexity index is 245. The summed E-state index contributed by atoms with van der Waals surface area (Å²) in [5.74, 6) is 0.139. The molecule has 0 unspecified atom stereocenters. The molecule has 1 amide bonds. The molecule has 1 heterocycles. The van der Waals surface area contributed by atoms with E-state index < -0.39 is 0 Å². The maximum absolute atomic E-state index is 10.4. The van der Waals surface area contributed by atoms with Crippen LogP contribution in [0, 0.1) is 0 Å². The van der Waals surface area contributed by atoms with Gasteiger partial charge in [-0.2, -0.15) is 5.32 Å². The van der Waals surface area contributed by atoms with Crippen molar-refractivity contribution in [3.63, 3.8) is 0 Å². The van der Waals surface area contributed by atoms with Crippen LogP contribution in [0.3, 0.4) is 0 Å². The fourth-order valence-corrected chi connectivity index (χ4v) is 0.969. The summed E-state index contributed by atoms with van der Waals surface area (Å²) in [5, 5.41) is 5.63. The molecule has 1 radical (unpaired) electrons. The van der Waals surface area contributed by atoms with Crippen LogP contribution in [0.5, 0.6) is 0 Å². The highest BCUT2D eigenvalue weighted by atomic mass is 32.1. The Morgan fingerprint density at radius 3 is 3.00 bits per heavy atom. The molecule has 0 aliphatic carbocycles. The fraction of sp³-hybridized carbons (Fsp3) is 0.200. The van der Waals surface area contributed by atoms with Crippen molar-refractivity contribution in [2.45, 2.75) is 6.92 Å². The summed E-state index contributed by atoms with van der Waals surface area (Å²) < 4.78 is 0. The van der Waals surface area contributed by atoms with Gasteiger partial charge >= 0.3 is 0 Å². The lowest BCUT2D eigenvalue weighted by molar-refractivity contribution is -0.118. The van der Waals surface area contributed by atoms with E-state index in [9.17, 15) is 4.79 Å². The Balaban J connectivity index is 2.67. The third-order valence-electron chi connectivity index (χ3n) is 0.782. The van der Waals surface area contributed by atoms with Crippen LogP contribution in [-0.4, -0.2) is 10.9 Å². The summed E-state index contributed by atoms with van der Waals surface area (Å²) in [6, 6.07) is 0. The van der Waals surface area contributed by atoms with Crippen LogP contribution >= 0.6 is 11.3 Å². The molecular weight excluding hydrogens is 150 g/mol. The van der Waals surface area contributed by atoms with E-state index in [0.717, 1.165) is 0 Å². The predicted octanol–water partition coefficient (Wildman–Crippen LogP) is 0.508. The summed E-state index contributed by atoms with van der Waals surface area (Å²) in [6.07, 6.45) is 0. The zero-order valence-corrected chi connectivity index (χ0v) is 6.18. The average molecular weight is 156 g/mol. The van der Waals surface area contributed by atoms with Crippen LogP contribution in [0.1, 0.15) is 6.92 Å². The Labute approximate surface area is 62.1 Å². The molecule has 0 fully saturated rings. The van der Waals surface area contributed by atoms with Crippen molar-refractivity contribution in [3.05, 3.63) is 5.38 Å². The van der Waals surface area contributed by atoms with Gasteiger partial charge in [0.2, 0.25) is 5.91 Å². The van der Waals surface area contributed by atoms with Gasteiger partial charge in [-0.05, 0) is 0 Å². The molecule has 4 nitrogen and oxygen atoms in total. The standard InChI is InChI=1S/C5H6N3OS/c1-3(9)7-4-2-10-5(6)8-4/h2H,1H3,(H2,6,8). The van der Waals surface area contributed by atoms with Gasteiger partial charge in [-0.25, -0.2) is 4.98 Å². The molecule has 0 bridgehead atoms. The number of hydrogen-bond donors (Lipinski definition) is 1. The molecule has 0 atom stereocenters. The number of carbonyl (C=O) groups is 1. The van der Waals surface area contributed by atoms with Crippen molar-refractivity contribution in [1.29, 1.82) is 0 Å². The highest BCUT2D eigenvalue weighted by Crippen LogP contribution is 2.14. The first kappa shape index (κ1) is 7.01. The minimum Gasteiger partial charge on any atom is -0.375 e. The number of amides is 1. The van der Waals surface area contributed by atoms with Gasteiger partial charge in [0.25, 0.3) is 0 Å². The number of thiazole rings is 1.